The van der Waals surface area contributed by atoms with Gasteiger partial charge in [-0.05, 0) is 35.2 Å². The number of benzene rings is 2. The third kappa shape index (κ3) is 2.14. The van der Waals surface area contributed by atoms with Gasteiger partial charge in [0.25, 0.3) is 0 Å². The van der Waals surface area contributed by atoms with E-state index in [1.165, 1.54) is 16.7 Å². The molecule has 1 aliphatic rings. The highest BCUT2D eigenvalue weighted by Crippen LogP contribution is 2.35. The second-order valence-corrected chi connectivity index (χ2v) is 5.75. The quantitative estimate of drug-likeness (QED) is 0.819. The predicted octanol–water partition coefficient (Wildman–Crippen LogP) is 3.87. The van der Waals surface area contributed by atoms with Gasteiger partial charge in [-0.1, -0.05) is 50.2 Å². The normalized spacial score (nSPS) is 16.6. The number of anilines is 1. The highest BCUT2D eigenvalue weighted by atomic mass is 16.2. The summed E-state index contributed by atoms with van der Waals surface area (Å²) in [5.41, 5.74) is 4.24. The zero-order chi connectivity index (χ0) is 13.5. The van der Waals surface area contributed by atoms with Gasteiger partial charge in [0, 0.05) is 11.1 Å². The van der Waals surface area contributed by atoms with Gasteiger partial charge in [-0.25, -0.2) is 0 Å². The van der Waals surface area contributed by atoms with Gasteiger partial charge in [-0.2, -0.15) is 0 Å². The Morgan fingerprint density at radius 3 is 2.47 bits per heavy atom. The number of carbonyl (C=O) groups is 1. The largest absolute Gasteiger partial charge is 0.325 e. The summed E-state index contributed by atoms with van der Waals surface area (Å²) in [4.78, 5) is 11.9. The molecule has 0 bridgehead atoms. The first-order valence-electron chi connectivity index (χ1n) is 6.56. The van der Waals surface area contributed by atoms with Crippen LogP contribution in [0.3, 0.4) is 0 Å². The van der Waals surface area contributed by atoms with Crippen LogP contribution >= 0.6 is 0 Å². The van der Waals surface area contributed by atoms with E-state index < -0.39 is 0 Å². The maximum atomic E-state index is 11.9. The van der Waals surface area contributed by atoms with Crippen molar-refractivity contribution in [3.8, 4) is 11.1 Å². The Morgan fingerprint density at radius 2 is 1.74 bits per heavy atom. The van der Waals surface area contributed by atoms with Gasteiger partial charge in [0.05, 0.1) is 0 Å². The Balaban J connectivity index is 2.04. The summed E-state index contributed by atoms with van der Waals surface area (Å²) in [5.74, 6) is 0.104. The summed E-state index contributed by atoms with van der Waals surface area (Å²) in [6.45, 7) is 3.97. The molecule has 2 nitrogen and oxygen atoms in total. The Hall–Kier alpha value is -2.09. The Labute approximate surface area is 113 Å². The SMILES string of the molecule is CC1(C)Cc2cc(-c3ccccc3)ccc2NC1=O. The fourth-order valence-electron chi connectivity index (χ4n) is 2.52. The molecule has 96 valence electrons. The minimum absolute atomic E-state index is 0.104. The van der Waals surface area contributed by atoms with E-state index in [0.717, 1.165) is 12.1 Å². The smallest absolute Gasteiger partial charge is 0.230 e. The molecule has 0 aromatic heterocycles. The van der Waals surface area contributed by atoms with Crippen LogP contribution in [0, 0.1) is 5.41 Å². The van der Waals surface area contributed by atoms with Crippen LogP contribution in [-0.4, -0.2) is 5.91 Å². The van der Waals surface area contributed by atoms with Crippen LogP contribution < -0.4 is 5.32 Å². The lowest BCUT2D eigenvalue weighted by atomic mass is 9.80. The molecule has 0 fully saturated rings. The Morgan fingerprint density at radius 1 is 1.00 bits per heavy atom. The number of hydrogen-bond acceptors (Lipinski definition) is 1. The van der Waals surface area contributed by atoms with Crippen molar-refractivity contribution in [2.45, 2.75) is 20.3 Å². The van der Waals surface area contributed by atoms with E-state index >= 15 is 0 Å². The number of fused-ring (bicyclic) bond motifs is 1. The minimum atomic E-state index is -0.331. The van der Waals surface area contributed by atoms with E-state index in [9.17, 15) is 4.79 Å². The minimum Gasteiger partial charge on any atom is -0.325 e. The number of amides is 1. The topological polar surface area (TPSA) is 29.1 Å². The third-order valence-corrected chi connectivity index (χ3v) is 3.71. The van der Waals surface area contributed by atoms with E-state index in [2.05, 4.69) is 29.6 Å². The molecule has 0 spiro atoms. The van der Waals surface area contributed by atoms with Crippen LogP contribution in [0.15, 0.2) is 48.5 Å². The summed E-state index contributed by atoms with van der Waals surface area (Å²) in [5, 5.41) is 2.99. The molecule has 0 radical (unpaired) electrons. The van der Waals surface area contributed by atoms with Crippen LogP contribution in [-0.2, 0) is 11.2 Å². The van der Waals surface area contributed by atoms with E-state index in [1.54, 1.807) is 0 Å². The van der Waals surface area contributed by atoms with Crippen LogP contribution in [0.2, 0.25) is 0 Å². The van der Waals surface area contributed by atoms with Crippen molar-refractivity contribution in [2.24, 2.45) is 5.41 Å². The van der Waals surface area contributed by atoms with Crippen molar-refractivity contribution in [2.75, 3.05) is 5.32 Å². The van der Waals surface area contributed by atoms with Crippen LogP contribution in [0.4, 0.5) is 5.69 Å². The first-order valence-corrected chi connectivity index (χ1v) is 6.56. The lowest BCUT2D eigenvalue weighted by molar-refractivity contribution is -0.124. The van der Waals surface area contributed by atoms with Crippen molar-refractivity contribution in [1.29, 1.82) is 0 Å². The Bertz CT molecular complexity index is 629. The number of nitrogens with one attached hydrogen (secondary N) is 1. The van der Waals surface area contributed by atoms with Gasteiger partial charge in [0.2, 0.25) is 5.91 Å². The second-order valence-electron chi connectivity index (χ2n) is 5.75. The van der Waals surface area contributed by atoms with Gasteiger partial charge in [0.15, 0.2) is 0 Å². The molecule has 0 unspecified atom stereocenters. The monoisotopic (exact) mass is 251 g/mol. The molecule has 3 rings (SSSR count). The molecular weight excluding hydrogens is 234 g/mol. The number of rotatable bonds is 1. The molecule has 19 heavy (non-hydrogen) atoms. The fraction of sp³-hybridized carbons (Fsp3) is 0.235. The first-order chi connectivity index (χ1) is 9.06. The van der Waals surface area contributed by atoms with Gasteiger partial charge in [0.1, 0.15) is 0 Å². The maximum Gasteiger partial charge on any atom is 0.230 e. The molecular formula is C17H17NO. The van der Waals surface area contributed by atoms with E-state index in [0.29, 0.717) is 0 Å². The molecule has 2 aromatic rings. The van der Waals surface area contributed by atoms with Crippen molar-refractivity contribution < 1.29 is 4.79 Å². The predicted molar refractivity (Wildman–Crippen MR) is 78.0 cm³/mol. The van der Waals surface area contributed by atoms with Crippen molar-refractivity contribution >= 4 is 11.6 Å². The molecule has 2 aromatic carbocycles. The first kappa shape index (κ1) is 12.0. The third-order valence-electron chi connectivity index (χ3n) is 3.71. The van der Waals surface area contributed by atoms with Crippen molar-refractivity contribution in [1.82, 2.24) is 0 Å². The standard InChI is InChI=1S/C17H17NO/c1-17(2)11-14-10-13(12-6-4-3-5-7-12)8-9-15(14)18-16(17)19/h3-10H,11H2,1-2H3,(H,18,19). The molecule has 0 saturated carbocycles. The second kappa shape index (κ2) is 4.23. The van der Waals surface area contributed by atoms with Crippen LogP contribution in [0.5, 0.6) is 0 Å². The summed E-state index contributed by atoms with van der Waals surface area (Å²) in [6.07, 6.45) is 0.787. The molecule has 1 heterocycles. The van der Waals surface area contributed by atoms with E-state index in [1.807, 2.05) is 38.1 Å². The van der Waals surface area contributed by atoms with E-state index in [-0.39, 0.29) is 11.3 Å². The van der Waals surface area contributed by atoms with Gasteiger partial charge < -0.3 is 5.32 Å². The highest BCUT2D eigenvalue weighted by Gasteiger charge is 2.33. The molecule has 1 N–H and O–H groups in total. The molecule has 0 aliphatic carbocycles. The lowest BCUT2D eigenvalue weighted by Gasteiger charge is -2.30. The lowest BCUT2D eigenvalue weighted by Crippen LogP contribution is -2.36. The van der Waals surface area contributed by atoms with Crippen LogP contribution in [0.1, 0.15) is 19.4 Å². The van der Waals surface area contributed by atoms with E-state index in [4.69, 9.17) is 0 Å². The van der Waals surface area contributed by atoms with Crippen molar-refractivity contribution in [3.63, 3.8) is 0 Å². The Kier molecular flexibility index (Phi) is 2.67. The molecule has 1 amide bonds. The summed E-state index contributed by atoms with van der Waals surface area (Å²) >= 11 is 0. The average Bonchev–Trinajstić information content (AvgIpc) is 2.40. The van der Waals surface area contributed by atoms with Crippen LogP contribution in [0.25, 0.3) is 11.1 Å². The highest BCUT2D eigenvalue weighted by molar-refractivity contribution is 5.98. The van der Waals surface area contributed by atoms with Gasteiger partial charge in [-0.15, -0.1) is 0 Å². The van der Waals surface area contributed by atoms with Crippen molar-refractivity contribution in [3.05, 3.63) is 54.1 Å². The van der Waals surface area contributed by atoms with Gasteiger partial charge >= 0.3 is 0 Å². The molecule has 0 atom stereocenters. The summed E-state index contributed by atoms with van der Waals surface area (Å²) in [7, 11) is 0. The fourth-order valence-corrected chi connectivity index (χ4v) is 2.52. The zero-order valence-electron chi connectivity index (χ0n) is 11.2. The summed E-state index contributed by atoms with van der Waals surface area (Å²) in [6, 6.07) is 16.6. The maximum absolute atomic E-state index is 11.9. The number of hydrogen-bond donors (Lipinski definition) is 1. The average molecular weight is 251 g/mol. The molecule has 2 heteroatoms. The van der Waals surface area contributed by atoms with Gasteiger partial charge in [-0.3, -0.25) is 4.79 Å². The zero-order valence-corrected chi connectivity index (χ0v) is 11.2. The number of carbonyl (C=O) groups excluding carboxylic acids is 1. The summed E-state index contributed by atoms with van der Waals surface area (Å²) < 4.78 is 0. The molecule has 1 aliphatic heterocycles. The molecule has 0 saturated heterocycles.